The maximum absolute atomic E-state index is 14.1. The van der Waals surface area contributed by atoms with Gasteiger partial charge in [0.15, 0.2) is 5.79 Å². The van der Waals surface area contributed by atoms with Crippen LogP contribution < -0.4 is 0 Å². The summed E-state index contributed by atoms with van der Waals surface area (Å²) in [4.78, 5) is 27.1. The van der Waals surface area contributed by atoms with Crippen molar-refractivity contribution in [2.75, 3.05) is 20.8 Å². The van der Waals surface area contributed by atoms with Crippen molar-refractivity contribution in [2.24, 2.45) is 56.7 Å². The highest BCUT2D eigenvalue weighted by Gasteiger charge is 2.75. The monoisotopic (exact) mass is 596 g/mol. The molecule has 4 saturated carbocycles. The quantitative estimate of drug-likeness (QED) is 0.189. The molecule has 0 N–H and O–H groups in total. The van der Waals surface area contributed by atoms with Crippen molar-refractivity contribution in [1.82, 2.24) is 0 Å². The normalized spacial score (nSPS) is 49.3. The smallest absolute Gasteiger partial charge is 0.330 e. The van der Waals surface area contributed by atoms with Gasteiger partial charge in [0.05, 0.1) is 13.7 Å². The lowest BCUT2D eigenvalue weighted by molar-refractivity contribution is -0.402. The first-order valence-corrected chi connectivity index (χ1v) is 16.9. The van der Waals surface area contributed by atoms with Crippen LogP contribution in [0.25, 0.3) is 0 Å². The van der Waals surface area contributed by atoms with Gasteiger partial charge in [-0.05, 0) is 93.3 Å². The van der Waals surface area contributed by atoms with Crippen molar-refractivity contribution in [1.29, 1.82) is 0 Å². The highest BCUT2D eigenvalue weighted by molar-refractivity contribution is 5.84. The van der Waals surface area contributed by atoms with Gasteiger partial charge in [-0.15, -0.1) is 0 Å². The van der Waals surface area contributed by atoms with Crippen LogP contribution >= 0.6 is 0 Å². The largest absolute Gasteiger partial charge is 0.468 e. The molecule has 5 aliphatic carbocycles. The van der Waals surface area contributed by atoms with E-state index in [1.807, 2.05) is 21.0 Å². The van der Waals surface area contributed by atoms with Gasteiger partial charge in [-0.2, -0.15) is 0 Å². The Morgan fingerprint density at radius 2 is 1.70 bits per heavy atom. The Morgan fingerprint density at radius 3 is 2.30 bits per heavy atom. The summed E-state index contributed by atoms with van der Waals surface area (Å²) < 4.78 is 24.8. The molecule has 6 fully saturated rings. The number of fused-ring (bicyclic) bond motifs is 7. The molecule has 2 bridgehead atoms. The van der Waals surface area contributed by atoms with Crippen LogP contribution in [0.4, 0.5) is 0 Å². The summed E-state index contributed by atoms with van der Waals surface area (Å²) in [5.74, 6) is 0.577. The SMILES string of the molecule is COC(=O)[C@@]12CC[C@]3(C)C(=CC[C@@H]4[C@]56CC[C@](OC)(OC5)C(C)(C)[C@@H]6CC[C@]43C)[C@@H]1[C@@H](C)[C@H](C)C[C@H]2OC(=O)C=C(C)C. The molecule has 240 valence electrons. The maximum atomic E-state index is 14.1. The number of allylic oxidation sites excluding steroid dienone is 3. The average Bonchev–Trinajstić information content (AvgIpc) is 2.95. The molecule has 2 aliphatic heterocycles. The van der Waals surface area contributed by atoms with E-state index in [-0.39, 0.29) is 45.4 Å². The van der Waals surface area contributed by atoms with Crippen LogP contribution in [-0.4, -0.2) is 44.7 Å². The molecule has 2 saturated heterocycles. The number of rotatable bonds is 4. The number of hydrogen-bond acceptors (Lipinski definition) is 6. The van der Waals surface area contributed by atoms with Gasteiger partial charge in [-0.1, -0.05) is 58.8 Å². The summed E-state index contributed by atoms with van der Waals surface area (Å²) in [6.45, 7) is 19.0. The van der Waals surface area contributed by atoms with Gasteiger partial charge in [-0.25, -0.2) is 4.79 Å². The first-order valence-electron chi connectivity index (χ1n) is 16.9. The Labute approximate surface area is 259 Å². The third kappa shape index (κ3) is 3.77. The molecule has 0 radical (unpaired) electrons. The first kappa shape index (κ1) is 31.3. The predicted molar refractivity (Wildman–Crippen MR) is 166 cm³/mol. The van der Waals surface area contributed by atoms with Crippen LogP contribution in [0.15, 0.2) is 23.3 Å². The third-order valence-electron chi connectivity index (χ3n) is 15.0. The van der Waals surface area contributed by atoms with E-state index >= 15 is 0 Å². The second kappa shape index (κ2) is 9.92. The third-order valence-corrected chi connectivity index (χ3v) is 15.0. The number of methoxy groups -OCH3 is 2. The van der Waals surface area contributed by atoms with E-state index in [0.717, 1.165) is 37.9 Å². The Hall–Kier alpha value is -1.66. The van der Waals surface area contributed by atoms with Gasteiger partial charge < -0.3 is 18.9 Å². The number of carbonyl (C=O) groups is 2. The van der Waals surface area contributed by atoms with Gasteiger partial charge >= 0.3 is 11.9 Å². The highest BCUT2D eigenvalue weighted by Crippen LogP contribution is 2.78. The lowest BCUT2D eigenvalue weighted by Crippen LogP contribution is -2.74. The van der Waals surface area contributed by atoms with Gasteiger partial charge in [0.1, 0.15) is 11.5 Å². The number of ether oxygens (including phenoxy) is 4. The van der Waals surface area contributed by atoms with E-state index in [2.05, 4.69) is 47.6 Å². The molecule has 0 aromatic rings. The van der Waals surface area contributed by atoms with E-state index in [1.165, 1.54) is 25.5 Å². The van der Waals surface area contributed by atoms with Crippen LogP contribution in [0.5, 0.6) is 0 Å². The molecule has 0 amide bonds. The second-order valence-corrected chi connectivity index (χ2v) is 16.7. The molecule has 0 aromatic carbocycles. The summed E-state index contributed by atoms with van der Waals surface area (Å²) >= 11 is 0. The molecular formula is C37H56O6. The Morgan fingerprint density at radius 1 is 0.977 bits per heavy atom. The standard InChI is InChI=1S/C37H56O6/c1-22(2)19-29(38)43-28-20-23(3)24(4)30-25-11-12-27-34(8,33(25,7)15-17-36(28,30)31(39)40-9)14-13-26-32(5,6)37(41-10)18-16-35(26,27)21-42-37/h11,19,23-24,26-28,30H,12-18,20-21H2,1-10H3/t23-,24+,26+,27+,28-,30+,33-,34-,35-,36-,37+/m1/s1. The molecular weight excluding hydrogens is 540 g/mol. The zero-order valence-corrected chi connectivity index (χ0v) is 28.4. The average molecular weight is 597 g/mol. The lowest BCUT2D eigenvalue weighted by atomic mass is 9.32. The summed E-state index contributed by atoms with van der Waals surface area (Å²) in [6.07, 6.45) is 11.3. The van der Waals surface area contributed by atoms with Gasteiger partial charge in [-0.3, -0.25) is 4.79 Å². The molecule has 2 heterocycles. The molecule has 1 spiro atoms. The van der Waals surface area contributed by atoms with Crippen molar-refractivity contribution in [3.05, 3.63) is 23.3 Å². The fourth-order valence-electron chi connectivity index (χ4n) is 12.5. The van der Waals surface area contributed by atoms with Crippen molar-refractivity contribution in [3.63, 3.8) is 0 Å². The minimum Gasteiger partial charge on any atom is -0.468 e. The van der Waals surface area contributed by atoms with E-state index in [4.69, 9.17) is 18.9 Å². The minimum absolute atomic E-state index is 0.0218. The second-order valence-electron chi connectivity index (χ2n) is 16.7. The summed E-state index contributed by atoms with van der Waals surface area (Å²) in [5.41, 5.74) is 1.56. The van der Waals surface area contributed by atoms with Gasteiger partial charge in [0, 0.05) is 36.4 Å². The molecule has 7 rings (SSSR count). The molecule has 6 nitrogen and oxygen atoms in total. The van der Waals surface area contributed by atoms with Crippen LogP contribution in [0, 0.1) is 56.7 Å². The molecule has 43 heavy (non-hydrogen) atoms. The van der Waals surface area contributed by atoms with Crippen molar-refractivity contribution >= 4 is 11.9 Å². The number of carbonyl (C=O) groups excluding carboxylic acids is 2. The molecule has 0 aromatic heterocycles. The summed E-state index contributed by atoms with van der Waals surface area (Å²) in [5, 5.41) is 0. The van der Waals surface area contributed by atoms with Gasteiger partial charge in [0.25, 0.3) is 0 Å². The molecule has 0 unspecified atom stereocenters. The molecule has 6 heteroatoms. The van der Waals surface area contributed by atoms with E-state index in [9.17, 15) is 9.59 Å². The lowest BCUT2D eigenvalue weighted by Gasteiger charge is -2.75. The first-order chi connectivity index (χ1) is 20.1. The Bertz CT molecular complexity index is 1230. The summed E-state index contributed by atoms with van der Waals surface area (Å²) in [6, 6.07) is 0. The Balaban J connectivity index is 1.45. The minimum atomic E-state index is -0.866. The highest BCUT2D eigenvalue weighted by atomic mass is 16.7. The molecule has 11 atom stereocenters. The van der Waals surface area contributed by atoms with Crippen molar-refractivity contribution in [2.45, 2.75) is 119 Å². The maximum Gasteiger partial charge on any atom is 0.330 e. The van der Waals surface area contributed by atoms with Crippen molar-refractivity contribution < 1.29 is 28.5 Å². The number of hydrogen-bond donors (Lipinski definition) is 0. The van der Waals surface area contributed by atoms with Crippen LogP contribution in [0.1, 0.15) is 107 Å². The van der Waals surface area contributed by atoms with Crippen molar-refractivity contribution in [3.8, 4) is 0 Å². The van der Waals surface area contributed by atoms with Crippen LogP contribution in [0.3, 0.4) is 0 Å². The fourth-order valence-corrected chi connectivity index (χ4v) is 12.5. The topological polar surface area (TPSA) is 71.1 Å². The fraction of sp³-hybridized carbons (Fsp3) is 0.838. The molecule has 7 aliphatic rings. The van der Waals surface area contributed by atoms with Crippen LogP contribution in [0.2, 0.25) is 0 Å². The Kier molecular flexibility index (Phi) is 7.23. The zero-order chi connectivity index (χ0) is 31.4. The van der Waals surface area contributed by atoms with E-state index in [1.54, 1.807) is 6.08 Å². The number of esters is 2. The predicted octanol–water partition coefficient (Wildman–Crippen LogP) is 7.66. The van der Waals surface area contributed by atoms with Crippen LogP contribution in [-0.2, 0) is 28.5 Å². The van der Waals surface area contributed by atoms with Gasteiger partial charge in [0.2, 0.25) is 0 Å². The van der Waals surface area contributed by atoms with E-state index in [0.29, 0.717) is 30.6 Å². The van der Waals surface area contributed by atoms with E-state index < -0.39 is 17.3 Å². The zero-order valence-electron chi connectivity index (χ0n) is 28.4. The summed E-state index contributed by atoms with van der Waals surface area (Å²) in [7, 11) is 3.33.